The second-order valence-corrected chi connectivity index (χ2v) is 1.50. The van der Waals surface area contributed by atoms with Crippen molar-refractivity contribution in [1.82, 2.24) is 16.0 Å². The first-order valence-electron chi connectivity index (χ1n) is 3.00. The molecule has 4 heteroatoms. The summed E-state index contributed by atoms with van der Waals surface area (Å²) in [5.41, 5.74) is 0. The van der Waals surface area contributed by atoms with Crippen LogP contribution in [0.25, 0.3) is 0 Å². The molecule has 0 atom stereocenters. The molecule has 0 aromatic rings. The summed E-state index contributed by atoms with van der Waals surface area (Å²) in [7, 11) is 11.2. The van der Waals surface area contributed by atoms with E-state index in [1.807, 2.05) is 42.3 Å². The van der Waals surface area contributed by atoms with Gasteiger partial charge in [-0.15, -0.1) is 0 Å². The zero-order valence-corrected chi connectivity index (χ0v) is 10.5. The smallest absolute Gasteiger partial charge is 0 e. The first kappa shape index (κ1) is 22.4. The summed E-state index contributed by atoms with van der Waals surface area (Å²) in [6, 6.07) is 0. The van der Waals surface area contributed by atoms with Crippen molar-refractivity contribution in [3.63, 3.8) is 0 Å². The third kappa shape index (κ3) is 1060. The van der Waals surface area contributed by atoms with Crippen LogP contribution in [0.2, 0.25) is 0 Å². The van der Waals surface area contributed by atoms with E-state index in [1.165, 1.54) is 0 Å². The Morgan fingerprint density at radius 2 is 0.500 bits per heavy atom. The van der Waals surface area contributed by atoms with Gasteiger partial charge in [-0.25, -0.2) is 0 Å². The van der Waals surface area contributed by atoms with Gasteiger partial charge in [-0.1, -0.05) is 0 Å². The van der Waals surface area contributed by atoms with Gasteiger partial charge in [0.1, 0.15) is 0 Å². The van der Waals surface area contributed by atoms with Gasteiger partial charge in [-0.3, -0.25) is 0 Å². The van der Waals surface area contributed by atoms with E-state index >= 15 is 0 Å². The third-order valence-electron chi connectivity index (χ3n) is 0. The predicted octanol–water partition coefficient (Wildman–Crippen LogP) is -0.874. The molecule has 0 fully saturated rings. The standard InChI is InChI=1S/3C2H7N.Sb/c3*1-3-2;/h3*3H,1-2H3;. The summed E-state index contributed by atoms with van der Waals surface area (Å²) in [4.78, 5) is 0. The topological polar surface area (TPSA) is 36.1 Å². The molecular formula is C6H21N3Sb. The second kappa shape index (κ2) is 53.7. The van der Waals surface area contributed by atoms with E-state index in [1.54, 1.807) is 0 Å². The van der Waals surface area contributed by atoms with Crippen LogP contribution < -0.4 is 16.0 Å². The second-order valence-electron chi connectivity index (χ2n) is 1.50. The van der Waals surface area contributed by atoms with Gasteiger partial charge in [-0.2, -0.15) is 0 Å². The monoisotopic (exact) mass is 256 g/mol. The normalized spacial score (nSPS) is 5.40. The summed E-state index contributed by atoms with van der Waals surface area (Å²) >= 11 is 0. The van der Waals surface area contributed by atoms with E-state index in [9.17, 15) is 0 Å². The van der Waals surface area contributed by atoms with Crippen molar-refractivity contribution in [1.29, 1.82) is 0 Å². The zero-order chi connectivity index (χ0) is 8.12. The number of hydrogen-bond donors (Lipinski definition) is 3. The van der Waals surface area contributed by atoms with Crippen LogP contribution in [-0.2, 0) is 0 Å². The zero-order valence-electron chi connectivity index (χ0n) is 7.95. The van der Waals surface area contributed by atoms with Crippen LogP contribution in [-0.4, -0.2) is 66.7 Å². The van der Waals surface area contributed by atoms with Gasteiger partial charge in [0.05, 0.1) is 0 Å². The van der Waals surface area contributed by atoms with Gasteiger partial charge in [0, 0.05) is 24.4 Å². The van der Waals surface area contributed by atoms with E-state index < -0.39 is 0 Å². The minimum atomic E-state index is 0. The fraction of sp³-hybridized carbons (Fsp3) is 1.00. The van der Waals surface area contributed by atoms with Crippen LogP contribution in [0, 0.1) is 0 Å². The maximum absolute atomic E-state index is 2.75. The van der Waals surface area contributed by atoms with Crippen molar-refractivity contribution in [2.24, 2.45) is 0 Å². The molecule has 0 saturated carbocycles. The van der Waals surface area contributed by atoms with Gasteiger partial charge >= 0.3 is 0 Å². The molecule has 3 N–H and O–H groups in total. The van der Waals surface area contributed by atoms with Crippen molar-refractivity contribution >= 4 is 24.4 Å². The fourth-order valence-electron chi connectivity index (χ4n) is 0. The molecule has 0 unspecified atom stereocenters. The molecule has 10 heavy (non-hydrogen) atoms. The molecule has 0 spiro atoms. The molecule has 0 aliphatic heterocycles. The summed E-state index contributed by atoms with van der Waals surface area (Å²) in [6.45, 7) is 0. The molecule has 3 radical (unpaired) electrons. The van der Waals surface area contributed by atoms with Crippen LogP contribution in [0.5, 0.6) is 0 Å². The van der Waals surface area contributed by atoms with Crippen molar-refractivity contribution in [3.05, 3.63) is 0 Å². The summed E-state index contributed by atoms with van der Waals surface area (Å²) in [5.74, 6) is 0. The molecule has 0 rings (SSSR count). The molecule has 0 bridgehead atoms. The molecule has 0 saturated heterocycles. The number of rotatable bonds is 0. The molecule has 0 heterocycles. The molecule has 0 aliphatic rings. The van der Waals surface area contributed by atoms with Gasteiger partial charge in [-0.05, 0) is 42.3 Å². The first-order valence-corrected chi connectivity index (χ1v) is 3.00. The molecule has 65 valence electrons. The molecule has 0 aromatic heterocycles. The van der Waals surface area contributed by atoms with Crippen molar-refractivity contribution in [2.45, 2.75) is 0 Å². The fourth-order valence-corrected chi connectivity index (χ4v) is 0. The van der Waals surface area contributed by atoms with E-state index in [-0.39, 0.29) is 24.4 Å². The Hall–Kier alpha value is 0.698. The van der Waals surface area contributed by atoms with Crippen molar-refractivity contribution in [3.8, 4) is 0 Å². The average molecular weight is 257 g/mol. The molecule has 0 aliphatic carbocycles. The maximum atomic E-state index is 2.75. The largest absolute Gasteiger partial charge is 0.323 e. The Morgan fingerprint density at radius 1 is 0.500 bits per heavy atom. The number of nitrogens with one attached hydrogen (secondary N) is 3. The summed E-state index contributed by atoms with van der Waals surface area (Å²) in [6.07, 6.45) is 0. The van der Waals surface area contributed by atoms with Crippen LogP contribution in [0.15, 0.2) is 0 Å². The third-order valence-corrected chi connectivity index (χ3v) is 0. The van der Waals surface area contributed by atoms with Crippen LogP contribution >= 0.6 is 0 Å². The van der Waals surface area contributed by atoms with Gasteiger partial charge in [0.25, 0.3) is 0 Å². The Morgan fingerprint density at radius 3 is 0.500 bits per heavy atom. The van der Waals surface area contributed by atoms with Crippen LogP contribution in [0.1, 0.15) is 0 Å². The molecule has 3 nitrogen and oxygen atoms in total. The predicted molar refractivity (Wildman–Crippen MR) is 50.7 cm³/mol. The van der Waals surface area contributed by atoms with Gasteiger partial charge in [0.2, 0.25) is 0 Å². The Bertz CT molecular complexity index is 17.7. The quantitative estimate of drug-likeness (QED) is 0.493. The molecule has 0 aromatic carbocycles. The Kier molecular flexibility index (Phi) is 120. The minimum absolute atomic E-state index is 0. The average Bonchev–Trinajstić information content (AvgIpc) is 1.70. The van der Waals surface area contributed by atoms with Crippen molar-refractivity contribution in [2.75, 3.05) is 42.3 Å². The first-order chi connectivity index (χ1) is 4.24. The Labute approximate surface area is 82.8 Å². The van der Waals surface area contributed by atoms with E-state index in [0.29, 0.717) is 0 Å². The molecule has 0 amide bonds. The van der Waals surface area contributed by atoms with Crippen LogP contribution in [0.4, 0.5) is 0 Å². The maximum Gasteiger partial charge on any atom is 0 e. The van der Waals surface area contributed by atoms with E-state index in [2.05, 4.69) is 16.0 Å². The minimum Gasteiger partial charge on any atom is -0.323 e. The molecular weight excluding hydrogens is 236 g/mol. The van der Waals surface area contributed by atoms with Crippen LogP contribution in [0.3, 0.4) is 0 Å². The van der Waals surface area contributed by atoms with E-state index in [4.69, 9.17) is 0 Å². The number of hydrogen-bond acceptors (Lipinski definition) is 3. The SMILES string of the molecule is CNC.CNC.CNC.[Sb]. The summed E-state index contributed by atoms with van der Waals surface area (Å²) in [5, 5.41) is 8.25. The van der Waals surface area contributed by atoms with Crippen molar-refractivity contribution < 1.29 is 0 Å². The van der Waals surface area contributed by atoms with Gasteiger partial charge in [0.15, 0.2) is 0 Å². The van der Waals surface area contributed by atoms with E-state index in [0.717, 1.165) is 0 Å². The summed E-state index contributed by atoms with van der Waals surface area (Å²) < 4.78 is 0. The Balaban J connectivity index is -0.0000000257. The van der Waals surface area contributed by atoms with Gasteiger partial charge < -0.3 is 16.0 Å².